The first-order valence-corrected chi connectivity index (χ1v) is 10.0. The number of carbonyl (C=O) groups excluding carboxylic acids is 1. The summed E-state index contributed by atoms with van der Waals surface area (Å²) in [7, 11) is -1.73. The number of anilines is 1. The van der Waals surface area contributed by atoms with Gasteiger partial charge >= 0.3 is 0 Å². The molecule has 0 saturated heterocycles. The fourth-order valence-electron chi connectivity index (χ4n) is 2.52. The van der Waals surface area contributed by atoms with Crippen LogP contribution in [0.4, 0.5) is 10.1 Å². The van der Waals surface area contributed by atoms with E-state index in [2.05, 4.69) is 10.3 Å². The second-order valence-electron chi connectivity index (χ2n) is 5.99. The Hall–Kier alpha value is -2.71. The molecule has 1 N–H and O–H groups in total. The standard InChI is InChI=1S/C18H15ClFN3O3S/c1-23-10-11(5-17(23)16-4-3-13(20)9-21-16)18(24)22-14-6-12(19)7-15(8-14)27(2,25)26/h3-10H,1-2H3,(H,22,24). The maximum absolute atomic E-state index is 13.0. The van der Waals surface area contributed by atoms with Crippen molar-refractivity contribution in [2.24, 2.45) is 7.05 Å². The third-order valence-corrected chi connectivity index (χ3v) is 5.12. The van der Waals surface area contributed by atoms with Gasteiger partial charge in [-0.1, -0.05) is 11.6 Å². The summed E-state index contributed by atoms with van der Waals surface area (Å²) in [5.41, 5.74) is 1.74. The molecule has 0 unspecified atom stereocenters. The van der Waals surface area contributed by atoms with Crippen molar-refractivity contribution in [2.75, 3.05) is 11.6 Å². The number of rotatable bonds is 4. The molecule has 0 radical (unpaired) electrons. The maximum Gasteiger partial charge on any atom is 0.257 e. The van der Waals surface area contributed by atoms with E-state index in [1.165, 1.54) is 30.3 Å². The summed E-state index contributed by atoms with van der Waals surface area (Å²) in [5.74, 6) is -0.894. The highest BCUT2D eigenvalue weighted by atomic mass is 35.5. The van der Waals surface area contributed by atoms with Crippen LogP contribution in [0.3, 0.4) is 0 Å². The SMILES string of the molecule is Cn1cc(C(=O)Nc2cc(Cl)cc(S(C)(=O)=O)c2)cc1-c1ccc(F)cn1. The molecule has 6 nitrogen and oxygen atoms in total. The molecule has 0 aliphatic carbocycles. The van der Waals surface area contributed by atoms with Crippen molar-refractivity contribution in [3.8, 4) is 11.4 Å². The van der Waals surface area contributed by atoms with Crippen molar-refractivity contribution >= 4 is 33.0 Å². The Morgan fingerprint density at radius 2 is 1.96 bits per heavy atom. The van der Waals surface area contributed by atoms with Gasteiger partial charge < -0.3 is 9.88 Å². The third kappa shape index (κ3) is 4.35. The van der Waals surface area contributed by atoms with Gasteiger partial charge in [0.1, 0.15) is 5.82 Å². The molecule has 3 aromatic rings. The molecule has 0 saturated carbocycles. The molecule has 9 heteroatoms. The zero-order valence-corrected chi connectivity index (χ0v) is 16.0. The zero-order valence-electron chi connectivity index (χ0n) is 14.4. The molecule has 3 rings (SSSR count). The molecule has 0 atom stereocenters. The van der Waals surface area contributed by atoms with Gasteiger partial charge in [-0.2, -0.15) is 0 Å². The number of hydrogen-bond acceptors (Lipinski definition) is 4. The number of hydrogen-bond donors (Lipinski definition) is 1. The summed E-state index contributed by atoms with van der Waals surface area (Å²) in [5, 5.41) is 2.82. The molecular weight excluding hydrogens is 393 g/mol. The molecule has 140 valence electrons. The molecule has 0 aliphatic rings. The average molecular weight is 408 g/mol. The van der Waals surface area contributed by atoms with Crippen LogP contribution in [0.25, 0.3) is 11.4 Å². The summed E-state index contributed by atoms with van der Waals surface area (Å²) in [6.07, 6.45) is 3.75. The highest BCUT2D eigenvalue weighted by Gasteiger charge is 2.15. The number of aromatic nitrogens is 2. The minimum absolute atomic E-state index is 0.00885. The number of aryl methyl sites for hydroxylation is 1. The Bertz CT molecular complexity index is 1130. The Morgan fingerprint density at radius 3 is 2.59 bits per heavy atom. The third-order valence-electron chi connectivity index (χ3n) is 3.81. The lowest BCUT2D eigenvalue weighted by molar-refractivity contribution is 0.102. The number of pyridine rings is 1. The Kier molecular flexibility index (Phi) is 5.03. The second kappa shape index (κ2) is 7.13. The van der Waals surface area contributed by atoms with Crippen LogP contribution in [-0.4, -0.2) is 30.1 Å². The molecule has 0 bridgehead atoms. The van der Waals surface area contributed by atoms with Crippen molar-refractivity contribution in [3.63, 3.8) is 0 Å². The predicted molar refractivity (Wildman–Crippen MR) is 101 cm³/mol. The first-order valence-electron chi connectivity index (χ1n) is 7.74. The Morgan fingerprint density at radius 1 is 1.22 bits per heavy atom. The van der Waals surface area contributed by atoms with E-state index >= 15 is 0 Å². The predicted octanol–water partition coefficient (Wildman–Crippen LogP) is 3.54. The van der Waals surface area contributed by atoms with Crippen molar-refractivity contribution in [1.82, 2.24) is 9.55 Å². The van der Waals surface area contributed by atoms with Crippen molar-refractivity contribution < 1.29 is 17.6 Å². The van der Waals surface area contributed by atoms with Crippen molar-refractivity contribution in [1.29, 1.82) is 0 Å². The highest BCUT2D eigenvalue weighted by molar-refractivity contribution is 7.90. The van der Waals surface area contributed by atoms with Crippen molar-refractivity contribution in [3.05, 3.63) is 65.2 Å². The van der Waals surface area contributed by atoms with Gasteiger partial charge in [0.2, 0.25) is 0 Å². The van der Waals surface area contributed by atoms with Gasteiger partial charge in [0, 0.05) is 30.2 Å². The minimum Gasteiger partial charge on any atom is -0.348 e. The van der Waals surface area contributed by atoms with Crippen LogP contribution >= 0.6 is 11.6 Å². The van der Waals surface area contributed by atoms with Crippen LogP contribution in [0, 0.1) is 5.82 Å². The molecule has 1 aromatic carbocycles. The van der Waals surface area contributed by atoms with Crippen LogP contribution in [0.15, 0.2) is 53.7 Å². The monoisotopic (exact) mass is 407 g/mol. The first-order chi connectivity index (χ1) is 12.6. The van der Waals surface area contributed by atoms with Gasteiger partial charge in [-0.15, -0.1) is 0 Å². The van der Waals surface area contributed by atoms with Crippen LogP contribution in [0.2, 0.25) is 5.02 Å². The molecule has 0 spiro atoms. The molecule has 2 aromatic heterocycles. The lowest BCUT2D eigenvalue weighted by Crippen LogP contribution is -2.11. The van der Waals surface area contributed by atoms with Gasteiger partial charge in [0.25, 0.3) is 5.91 Å². The molecule has 0 fully saturated rings. The Balaban J connectivity index is 1.89. The van der Waals surface area contributed by atoms with E-state index in [-0.39, 0.29) is 15.6 Å². The lowest BCUT2D eigenvalue weighted by Gasteiger charge is -2.07. The number of amides is 1. The van der Waals surface area contributed by atoms with Crippen LogP contribution < -0.4 is 5.32 Å². The number of carbonyl (C=O) groups is 1. The fourth-order valence-corrected chi connectivity index (χ4v) is 3.50. The summed E-state index contributed by atoms with van der Waals surface area (Å²) in [4.78, 5) is 16.6. The minimum atomic E-state index is -3.47. The summed E-state index contributed by atoms with van der Waals surface area (Å²) < 4.78 is 38.2. The van der Waals surface area contributed by atoms with Gasteiger partial charge in [-0.25, -0.2) is 12.8 Å². The zero-order chi connectivity index (χ0) is 19.8. The van der Waals surface area contributed by atoms with Gasteiger partial charge in [-0.05, 0) is 36.4 Å². The van der Waals surface area contributed by atoms with E-state index in [1.54, 1.807) is 23.9 Å². The van der Waals surface area contributed by atoms with Gasteiger partial charge in [0.05, 0.1) is 28.0 Å². The summed E-state index contributed by atoms with van der Waals surface area (Å²) >= 11 is 5.95. The van der Waals surface area contributed by atoms with Gasteiger partial charge in [-0.3, -0.25) is 9.78 Å². The van der Waals surface area contributed by atoms with E-state index in [0.29, 0.717) is 17.0 Å². The number of halogens is 2. The van der Waals surface area contributed by atoms with E-state index in [4.69, 9.17) is 11.6 Å². The molecular formula is C18H15ClFN3O3S. The normalized spacial score (nSPS) is 11.4. The van der Waals surface area contributed by atoms with E-state index in [1.807, 2.05) is 0 Å². The van der Waals surface area contributed by atoms with E-state index in [9.17, 15) is 17.6 Å². The fraction of sp³-hybridized carbons (Fsp3) is 0.111. The van der Waals surface area contributed by atoms with Crippen LogP contribution in [0.5, 0.6) is 0 Å². The van der Waals surface area contributed by atoms with Gasteiger partial charge in [0.15, 0.2) is 9.84 Å². The summed E-state index contributed by atoms with van der Waals surface area (Å²) in [6, 6.07) is 8.52. The molecule has 0 aliphatic heterocycles. The lowest BCUT2D eigenvalue weighted by atomic mass is 10.2. The Labute approximate surface area is 160 Å². The smallest absolute Gasteiger partial charge is 0.257 e. The molecule has 1 amide bonds. The summed E-state index contributed by atoms with van der Waals surface area (Å²) in [6.45, 7) is 0. The number of benzene rings is 1. The highest BCUT2D eigenvalue weighted by Crippen LogP contribution is 2.24. The molecule has 27 heavy (non-hydrogen) atoms. The van der Waals surface area contributed by atoms with Crippen LogP contribution in [-0.2, 0) is 16.9 Å². The largest absolute Gasteiger partial charge is 0.348 e. The number of sulfone groups is 1. The number of nitrogens with one attached hydrogen (secondary N) is 1. The first kappa shape index (κ1) is 19.1. The maximum atomic E-state index is 13.0. The number of nitrogens with zero attached hydrogens (tertiary/aromatic N) is 2. The topological polar surface area (TPSA) is 81.1 Å². The van der Waals surface area contributed by atoms with Crippen molar-refractivity contribution in [2.45, 2.75) is 4.90 Å². The average Bonchev–Trinajstić information content (AvgIpc) is 2.96. The van der Waals surface area contributed by atoms with E-state index in [0.717, 1.165) is 12.5 Å². The molecule has 2 heterocycles. The van der Waals surface area contributed by atoms with Crippen LogP contribution in [0.1, 0.15) is 10.4 Å². The quantitative estimate of drug-likeness (QED) is 0.717. The van der Waals surface area contributed by atoms with E-state index < -0.39 is 21.6 Å². The second-order valence-corrected chi connectivity index (χ2v) is 8.44.